The van der Waals surface area contributed by atoms with Crippen LogP contribution in [0.25, 0.3) is 0 Å². The Kier molecular flexibility index (Phi) is 9.48. The number of hydrogen-bond donors (Lipinski definition) is 4. The fraction of sp³-hybridized carbons (Fsp3) is 0.931. The van der Waals surface area contributed by atoms with E-state index in [9.17, 15) is 14.0 Å². The summed E-state index contributed by atoms with van der Waals surface area (Å²) in [6.07, 6.45) is 8.40. The third-order valence-corrected chi connectivity index (χ3v) is 10.9. The van der Waals surface area contributed by atoms with E-state index in [4.69, 9.17) is 11.5 Å². The number of nitrogens with zero attached hydrogens (tertiary/aromatic N) is 3. The van der Waals surface area contributed by atoms with Crippen LogP contribution in [-0.4, -0.2) is 109 Å². The standard InChI is InChI=1S/C29H52FN7O2/c1-2-29-10-3-5-20(30)19-36(16-11-29)24(17-29)26(27(31)32)28(39)34-22-18-33-12-7-23(22)35-14-8-21(9-15-35)37-13-4-6-25(37)38/h20-24,26-27,33H,2-19,31-32H2,1H3,(H,34,39). The SMILES string of the molecule is CCC12CCCC(F)CN(CC1)C(C(C(=O)NC1CNCCC1N1CCC(N3CCCC3=O)CC1)C(N)N)C2. The third kappa shape index (κ3) is 6.45. The Labute approximate surface area is 233 Å². The first-order valence-electron chi connectivity index (χ1n) is 15.7. The second-order valence-electron chi connectivity index (χ2n) is 13.1. The maximum atomic E-state index is 14.9. The van der Waals surface area contributed by atoms with E-state index in [0.29, 0.717) is 37.9 Å². The van der Waals surface area contributed by atoms with Gasteiger partial charge in [-0.3, -0.25) is 19.4 Å². The van der Waals surface area contributed by atoms with Gasteiger partial charge in [-0.15, -0.1) is 0 Å². The average Bonchev–Trinajstić information content (AvgIpc) is 3.40. The van der Waals surface area contributed by atoms with Crippen molar-refractivity contribution in [3.8, 4) is 0 Å². The second kappa shape index (κ2) is 12.7. The number of alkyl halides is 1. The molecule has 6 heterocycles. The van der Waals surface area contributed by atoms with Gasteiger partial charge in [0.25, 0.3) is 0 Å². The molecule has 2 amide bonds. The maximum Gasteiger partial charge on any atom is 0.227 e. The lowest BCUT2D eigenvalue weighted by atomic mass is 9.68. The lowest BCUT2D eigenvalue weighted by molar-refractivity contribution is -0.133. The van der Waals surface area contributed by atoms with Crippen molar-refractivity contribution in [3.63, 3.8) is 0 Å². The Morgan fingerprint density at radius 2 is 1.90 bits per heavy atom. The molecule has 10 heteroatoms. The van der Waals surface area contributed by atoms with E-state index in [1.807, 2.05) is 0 Å². The number of nitrogens with two attached hydrogens (primary N) is 2. The predicted molar refractivity (Wildman–Crippen MR) is 150 cm³/mol. The number of halogens is 1. The summed E-state index contributed by atoms with van der Waals surface area (Å²) in [6.45, 7) is 7.83. The molecule has 0 aromatic heterocycles. The molecule has 6 aliphatic heterocycles. The molecule has 0 radical (unpaired) electrons. The molecule has 2 bridgehead atoms. The molecular formula is C29H52FN7O2. The normalized spacial score (nSPS) is 37.9. The molecule has 0 aliphatic carbocycles. The zero-order valence-electron chi connectivity index (χ0n) is 24.0. The number of piperidine rings is 3. The van der Waals surface area contributed by atoms with Crippen molar-refractivity contribution in [2.45, 2.75) is 114 Å². The third-order valence-electron chi connectivity index (χ3n) is 10.9. The minimum atomic E-state index is -0.873. The molecule has 6 N–H and O–H groups in total. The Hall–Kier alpha value is -1.33. The Bertz CT molecular complexity index is 853. The number of nitrogens with one attached hydrogen (secondary N) is 2. The summed E-state index contributed by atoms with van der Waals surface area (Å²) in [7, 11) is 0. The van der Waals surface area contributed by atoms with Gasteiger partial charge in [0.2, 0.25) is 11.8 Å². The zero-order chi connectivity index (χ0) is 27.6. The molecule has 7 unspecified atom stereocenters. The van der Waals surface area contributed by atoms with E-state index >= 15 is 0 Å². The van der Waals surface area contributed by atoms with Crippen molar-refractivity contribution >= 4 is 11.8 Å². The van der Waals surface area contributed by atoms with Crippen LogP contribution in [0.3, 0.4) is 0 Å². The van der Waals surface area contributed by atoms with Gasteiger partial charge in [-0.05, 0) is 76.3 Å². The van der Waals surface area contributed by atoms with E-state index in [1.165, 1.54) is 0 Å². The molecule has 0 aromatic carbocycles. The lowest BCUT2D eigenvalue weighted by Crippen LogP contribution is -2.65. The van der Waals surface area contributed by atoms with Crippen molar-refractivity contribution in [1.29, 1.82) is 0 Å². The fourth-order valence-corrected chi connectivity index (χ4v) is 8.47. The summed E-state index contributed by atoms with van der Waals surface area (Å²) in [5.41, 5.74) is 12.8. The van der Waals surface area contributed by atoms with Crippen LogP contribution >= 0.6 is 0 Å². The highest BCUT2D eigenvalue weighted by molar-refractivity contribution is 5.80. The Morgan fingerprint density at radius 1 is 1.10 bits per heavy atom. The summed E-state index contributed by atoms with van der Waals surface area (Å²) in [5.74, 6) is -0.350. The van der Waals surface area contributed by atoms with Gasteiger partial charge >= 0.3 is 0 Å². The molecule has 6 saturated heterocycles. The number of carbonyl (C=O) groups excluding carboxylic acids is 2. The summed E-state index contributed by atoms with van der Waals surface area (Å²) < 4.78 is 14.9. The summed E-state index contributed by atoms with van der Waals surface area (Å²) in [4.78, 5) is 33.0. The predicted octanol–water partition coefficient (Wildman–Crippen LogP) is 1.16. The first-order chi connectivity index (χ1) is 18.8. The minimum Gasteiger partial charge on any atom is -0.350 e. The first kappa shape index (κ1) is 29.2. The van der Waals surface area contributed by atoms with Crippen LogP contribution in [0, 0.1) is 11.3 Å². The molecule has 0 spiro atoms. The molecule has 9 nitrogen and oxygen atoms in total. The van der Waals surface area contributed by atoms with E-state index in [0.717, 1.165) is 90.5 Å². The van der Waals surface area contributed by atoms with Crippen LogP contribution in [0.4, 0.5) is 4.39 Å². The van der Waals surface area contributed by atoms with Crippen LogP contribution in [0.15, 0.2) is 0 Å². The molecule has 0 aromatic rings. The minimum absolute atomic E-state index is 0.0324. The number of hydrogen-bond acceptors (Lipinski definition) is 7. The molecule has 222 valence electrons. The van der Waals surface area contributed by atoms with Crippen molar-refractivity contribution in [2.75, 3.05) is 45.8 Å². The van der Waals surface area contributed by atoms with E-state index in [2.05, 4.69) is 32.3 Å². The highest BCUT2D eigenvalue weighted by Gasteiger charge is 2.47. The lowest BCUT2D eigenvalue weighted by Gasteiger charge is -2.49. The molecule has 6 rings (SSSR count). The second-order valence-corrected chi connectivity index (χ2v) is 13.1. The first-order valence-corrected chi connectivity index (χ1v) is 15.7. The van der Waals surface area contributed by atoms with Crippen LogP contribution < -0.4 is 22.1 Å². The summed E-state index contributed by atoms with van der Waals surface area (Å²) in [6, 6.07) is 0.423. The van der Waals surface area contributed by atoms with E-state index < -0.39 is 18.3 Å². The highest BCUT2D eigenvalue weighted by Crippen LogP contribution is 2.45. The Balaban J connectivity index is 1.26. The van der Waals surface area contributed by atoms with Crippen molar-refractivity contribution in [3.05, 3.63) is 0 Å². The van der Waals surface area contributed by atoms with Crippen molar-refractivity contribution in [1.82, 2.24) is 25.3 Å². The van der Waals surface area contributed by atoms with Gasteiger partial charge in [0.15, 0.2) is 0 Å². The van der Waals surface area contributed by atoms with Gasteiger partial charge < -0.3 is 27.0 Å². The number of amides is 2. The smallest absolute Gasteiger partial charge is 0.227 e. The van der Waals surface area contributed by atoms with Crippen LogP contribution in [0.5, 0.6) is 0 Å². The van der Waals surface area contributed by atoms with E-state index in [-0.39, 0.29) is 29.4 Å². The maximum absolute atomic E-state index is 14.9. The van der Waals surface area contributed by atoms with Crippen LogP contribution in [0.1, 0.15) is 77.6 Å². The fourth-order valence-electron chi connectivity index (χ4n) is 8.47. The van der Waals surface area contributed by atoms with Gasteiger partial charge in [-0.2, -0.15) is 0 Å². The number of likely N-dealkylation sites (tertiary alicyclic amines) is 2. The van der Waals surface area contributed by atoms with Gasteiger partial charge in [0.05, 0.1) is 18.1 Å². The number of fused-ring (bicyclic) bond motifs is 6. The average molecular weight is 550 g/mol. The van der Waals surface area contributed by atoms with Crippen LogP contribution in [-0.2, 0) is 9.59 Å². The quantitative estimate of drug-likeness (QED) is 0.352. The highest BCUT2D eigenvalue weighted by atomic mass is 19.1. The van der Waals surface area contributed by atoms with Crippen LogP contribution in [0.2, 0.25) is 0 Å². The molecule has 7 atom stereocenters. The number of rotatable bonds is 7. The summed E-state index contributed by atoms with van der Waals surface area (Å²) in [5, 5.41) is 6.86. The van der Waals surface area contributed by atoms with Crippen molar-refractivity contribution in [2.24, 2.45) is 22.8 Å². The van der Waals surface area contributed by atoms with Gasteiger partial charge in [-0.1, -0.05) is 13.3 Å². The topological polar surface area (TPSA) is 120 Å². The number of carbonyl (C=O) groups is 2. The van der Waals surface area contributed by atoms with Gasteiger partial charge in [0, 0.05) is 57.3 Å². The largest absolute Gasteiger partial charge is 0.350 e. The molecular weight excluding hydrogens is 497 g/mol. The molecule has 6 aliphatic rings. The molecule has 0 saturated carbocycles. The zero-order valence-corrected chi connectivity index (χ0v) is 24.0. The Morgan fingerprint density at radius 3 is 2.59 bits per heavy atom. The van der Waals surface area contributed by atoms with Crippen molar-refractivity contribution < 1.29 is 14.0 Å². The molecule has 39 heavy (non-hydrogen) atoms. The summed E-state index contributed by atoms with van der Waals surface area (Å²) >= 11 is 0. The van der Waals surface area contributed by atoms with E-state index in [1.54, 1.807) is 0 Å². The van der Waals surface area contributed by atoms with Gasteiger partial charge in [-0.25, -0.2) is 4.39 Å². The molecule has 6 fully saturated rings. The monoisotopic (exact) mass is 549 g/mol. The van der Waals surface area contributed by atoms with Gasteiger partial charge in [0.1, 0.15) is 6.17 Å².